The van der Waals surface area contributed by atoms with Crippen LogP contribution in [0.3, 0.4) is 0 Å². The van der Waals surface area contributed by atoms with Crippen molar-refractivity contribution in [1.82, 2.24) is 15.1 Å². The second-order valence-corrected chi connectivity index (χ2v) is 6.22. The number of aliphatic imine (C=N–C) groups is 1. The average molecular weight is 345 g/mol. The molecule has 1 aromatic rings. The summed E-state index contributed by atoms with van der Waals surface area (Å²) < 4.78 is 5.74. The largest absolute Gasteiger partial charge is 0.489 e. The number of para-hydroxylation sites is 1. The molecule has 1 unspecified atom stereocenters. The Bertz CT molecular complexity index is 569. The van der Waals surface area contributed by atoms with Crippen molar-refractivity contribution in [3.63, 3.8) is 0 Å². The molecule has 0 radical (unpaired) electrons. The van der Waals surface area contributed by atoms with Gasteiger partial charge < -0.3 is 15.0 Å². The summed E-state index contributed by atoms with van der Waals surface area (Å²) in [7, 11) is 1.85. The molecule has 0 aromatic heterocycles. The smallest absolute Gasteiger partial charge is 0.193 e. The van der Waals surface area contributed by atoms with Crippen LogP contribution in [-0.4, -0.2) is 61.6 Å². The lowest BCUT2D eigenvalue weighted by Gasteiger charge is -2.27. The van der Waals surface area contributed by atoms with Gasteiger partial charge in [-0.15, -0.1) is 0 Å². The van der Waals surface area contributed by atoms with E-state index in [1.807, 2.05) is 25.2 Å². The monoisotopic (exact) mass is 344 g/mol. The molecule has 1 aromatic carbocycles. The first kappa shape index (κ1) is 19.3. The zero-order chi connectivity index (χ0) is 18.1. The molecule has 1 aliphatic rings. The molecule has 1 saturated heterocycles. The number of rotatable bonds is 8. The summed E-state index contributed by atoms with van der Waals surface area (Å²) in [5.41, 5.74) is 1.13. The molecule has 1 N–H and O–H groups in total. The first-order valence-electron chi connectivity index (χ1n) is 9.24. The molecule has 0 bridgehead atoms. The molecule has 5 nitrogen and oxygen atoms in total. The molecular formula is C20H32N4O. The maximum atomic E-state index is 5.74. The highest BCUT2D eigenvalue weighted by molar-refractivity contribution is 5.80. The number of likely N-dealkylation sites (tertiary alicyclic amines) is 1. The third kappa shape index (κ3) is 5.23. The summed E-state index contributed by atoms with van der Waals surface area (Å²) in [6, 6.07) is 8.73. The average Bonchev–Trinajstić information content (AvgIpc) is 3.12. The third-order valence-electron chi connectivity index (χ3n) is 4.77. The fourth-order valence-corrected chi connectivity index (χ4v) is 3.42. The maximum Gasteiger partial charge on any atom is 0.193 e. The summed E-state index contributed by atoms with van der Waals surface area (Å²) in [5, 5.41) is 3.49. The molecule has 1 aliphatic heterocycles. The van der Waals surface area contributed by atoms with E-state index in [1.165, 1.54) is 6.42 Å². The Morgan fingerprint density at radius 1 is 1.40 bits per heavy atom. The summed E-state index contributed by atoms with van der Waals surface area (Å²) in [4.78, 5) is 9.37. The quantitative estimate of drug-likeness (QED) is 0.447. The number of ether oxygens (including phenoxy) is 1. The Labute approximate surface area is 152 Å². The highest BCUT2D eigenvalue weighted by Crippen LogP contribution is 2.19. The van der Waals surface area contributed by atoms with Gasteiger partial charge in [0, 0.05) is 38.3 Å². The van der Waals surface area contributed by atoms with Gasteiger partial charge in [-0.25, -0.2) is 0 Å². The normalized spacial score (nSPS) is 17.8. The number of nitrogens with zero attached hydrogens (tertiary/aromatic N) is 3. The molecule has 0 amide bonds. The van der Waals surface area contributed by atoms with Gasteiger partial charge in [-0.05, 0) is 25.6 Å². The number of hydrogen-bond donors (Lipinski definition) is 1. The van der Waals surface area contributed by atoms with Crippen LogP contribution in [0.2, 0.25) is 0 Å². The molecule has 0 spiro atoms. The van der Waals surface area contributed by atoms with Crippen molar-refractivity contribution in [3.05, 3.63) is 42.5 Å². The SMILES string of the molecule is C=CCOc1ccccc1CNC(=NC)N1CCC(N(CC)CC)C1. The van der Waals surface area contributed by atoms with Crippen LogP contribution in [0.25, 0.3) is 0 Å². The van der Waals surface area contributed by atoms with Crippen molar-refractivity contribution in [1.29, 1.82) is 0 Å². The minimum absolute atomic E-state index is 0.517. The Morgan fingerprint density at radius 2 is 2.16 bits per heavy atom. The zero-order valence-corrected chi connectivity index (χ0v) is 15.9. The summed E-state index contributed by atoms with van der Waals surface area (Å²) in [5.74, 6) is 1.86. The molecule has 1 fully saturated rings. The van der Waals surface area contributed by atoms with Crippen molar-refractivity contribution in [2.75, 3.05) is 39.8 Å². The van der Waals surface area contributed by atoms with E-state index < -0.39 is 0 Å². The predicted octanol–water partition coefficient (Wildman–Crippen LogP) is 2.74. The van der Waals surface area contributed by atoms with Crippen molar-refractivity contribution < 1.29 is 4.74 Å². The molecule has 1 heterocycles. The van der Waals surface area contributed by atoms with Crippen molar-refractivity contribution in [3.8, 4) is 5.75 Å². The first-order chi connectivity index (χ1) is 12.2. The van der Waals surface area contributed by atoms with Crippen LogP contribution in [0, 0.1) is 0 Å². The second-order valence-electron chi connectivity index (χ2n) is 6.22. The van der Waals surface area contributed by atoms with Gasteiger partial charge in [0.1, 0.15) is 12.4 Å². The van der Waals surface area contributed by atoms with Gasteiger partial charge >= 0.3 is 0 Å². The number of benzene rings is 1. The van der Waals surface area contributed by atoms with Crippen LogP contribution in [-0.2, 0) is 6.54 Å². The molecule has 138 valence electrons. The topological polar surface area (TPSA) is 40.1 Å². The Kier molecular flexibility index (Phi) is 7.79. The lowest BCUT2D eigenvalue weighted by molar-refractivity contribution is 0.223. The van der Waals surface area contributed by atoms with Gasteiger partial charge in [-0.2, -0.15) is 0 Å². The molecule has 1 atom stereocenters. The number of guanidine groups is 1. The minimum atomic E-state index is 0.517. The standard InChI is InChI=1S/C20H32N4O/c1-5-14-25-19-11-9-8-10-17(19)15-22-20(21-4)24-13-12-18(16-24)23(6-2)7-3/h5,8-11,18H,1,6-7,12-16H2,2-4H3,(H,21,22). The van der Waals surface area contributed by atoms with Gasteiger partial charge in [0.05, 0.1) is 0 Å². The fraction of sp³-hybridized carbons (Fsp3) is 0.550. The molecule has 5 heteroatoms. The van der Waals surface area contributed by atoms with Crippen molar-refractivity contribution >= 4 is 5.96 Å². The van der Waals surface area contributed by atoms with Gasteiger partial charge in [-0.3, -0.25) is 9.89 Å². The van der Waals surface area contributed by atoms with Crippen LogP contribution in [0.5, 0.6) is 5.75 Å². The van der Waals surface area contributed by atoms with Crippen LogP contribution >= 0.6 is 0 Å². The van der Waals surface area contributed by atoms with Crippen molar-refractivity contribution in [2.45, 2.75) is 32.9 Å². The molecule has 0 aliphatic carbocycles. The summed E-state index contributed by atoms with van der Waals surface area (Å²) in [6.45, 7) is 13.7. The predicted molar refractivity (Wildman–Crippen MR) is 105 cm³/mol. The van der Waals surface area contributed by atoms with E-state index in [2.05, 4.69) is 46.6 Å². The van der Waals surface area contributed by atoms with E-state index in [0.29, 0.717) is 19.2 Å². The highest BCUT2D eigenvalue weighted by atomic mass is 16.5. The Hall–Kier alpha value is -2.01. The van der Waals surface area contributed by atoms with Gasteiger partial charge in [-0.1, -0.05) is 44.7 Å². The summed E-state index contributed by atoms with van der Waals surface area (Å²) in [6.07, 6.45) is 2.96. The van der Waals surface area contributed by atoms with Crippen LogP contribution < -0.4 is 10.1 Å². The lowest BCUT2D eigenvalue weighted by atomic mass is 10.2. The maximum absolute atomic E-state index is 5.74. The van der Waals surface area contributed by atoms with E-state index in [0.717, 1.165) is 43.5 Å². The number of hydrogen-bond acceptors (Lipinski definition) is 3. The minimum Gasteiger partial charge on any atom is -0.489 e. The van der Waals surface area contributed by atoms with E-state index in [9.17, 15) is 0 Å². The van der Waals surface area contributed by atoms with E-state index >= 15 is 0 Å². The second kappa shape index (κ2) is 10.1. The fourth-order valence-electron chi connectivity index (χ4n) is 3.42. The van der Waals surface area contributed by atoms with Crippen LogP contribution in [0.4, 0.5) is 0 Å². The van der Waals surface area contributed by atoms with Crippen LogP contribution in [0.1, 0.15) is 25.8 Å². The summed E-state index contributed by atoms with van der Waals surface area (Å²) >= 11 is 0. The number of nitrogens with one attached hydrogen (secondary N) is 1. The van der Waals surface area contributed by atoms with Crippen molar-refractivity contribution in [2.24, 2.45) is 4.99 Å². The zero-order valence-electron chi connectivity index (χ0n) is 15.9. The highest BCUT2D eigenvalue weighted by Gasteiger charge is 2.27. The van der Waals surface area contributed by atoms with E-state index in [4.69, 9.17) is 4.74 Å². The molecule has 2 rings (SSSR count). The molecule has 0 saturated carbocycles. The van der Waals surface area contributed by atoms with Crippen LogP contribution in [0.15, 0.2) is 41.9 Å². The Balaban J connectivity index is 1.94. The lowest BCUT2D eigenvalue weighted by Crippen LogP contribution is -2.43. The van der Waals surface area contributed by atoms with Gasteiger partial charge in [0.2, 0.25) is 0 Å². The van der Waals surface area contributed by atoms with E-state index in [1.54, 1.807) is 6.08 Å². The van der Waals surface area contributed by atoms with Gasteiger partial charge in [0.25, 0.3) is 0 Å². The van der Waals surface area contributed by atoms with Gasteiger partial charge in [0.15, 0.2) is 5.96 Å². The molecule has 25 heavy (non-hydrogen) atoms. The number of likely N-dealkylation sites (N-methyl/N-ethyl adjacent to an activating group) is 1. The first-order valence-corrected chi connectivity index (χ1v) is 9.24. The van der Waals surface area contributed by atoms with E-state index in [-0.39, 0.29) is 0 Å². The molecular weight excluding hydrogens is 312 g/mol. The third-order valence-corrected chi connectivity index (χ3v) is 4.77. The Morgan fingerprint density at radius 3 is 2.84 bits per heavy atom.